The van der Waals surface area contributed by atoms with E-state index in [1.165, 1.54) is 25.7 Å². The average molecular weight is 233 g/mol. The molecule has 1 atom stereocenters. The van der Waals surface area contributed by atoms with E-state index < -0.39 is 0 Å². The van der Waals surface area contributed by atoms with Gasteiger partial charge in [-0.05, 0) is 31.2 Å². The molecular weight excluding hydrogens is 210 g/mol. The first kappa shape index (κ1) is 12.4. The molecule has 0 aliphatic heterocycles. The van der Waals surface area contributed by atoms with E-state index in [4.69, 9.17) is 10.5 Å². The molecule has 2 heteroatoms. The third-order valence-electron chi connectivity index (χ3n) is 3.71. The molecule has 0 unspecified atom stereocenters. The normalized spacial score (nSPS) is 18.2. The van der Waals surface area contributed by atoms with E-state index in [9.17, 15) is 0 Å². The predicted molar refractivity (Wildman–Crippen MR) is 71.1 cm³/mol. The first-order valence-electron chi connectivity index (χ1n) is 6.78. The zero-order valence-electron chi connectivity index (χ0n) is 10.7. The summed E-state index contributed by atoms with van der Waals surface area (Å²) >= 11 is 0. The topological polar surface area (TPSA) is 35.2 Å². The monoisotopic (exact) mass is 233 g/mol. The average Bonchev–Trinajstić information content (AvgIpc) is 2.89. The van der Waals surface area contributed by atoms with Crippen molar-refractivity contribution in [3.05, 3.63) is 29.8 Å². The lowest BCUT2D eigenvalue weighted by Crippen LogP contribution is -2.13. The van der Waals surface area contributed by atoms with Crippen LogP contribution in [0, 0.1) is 5.92 Å². The number of ether oxygens (including phenoxy) is 1. The van der Waals surface area contributed by atoms with E-state index in [0.29, 0.717) is 0 Å². The van der Waals surface area contributed by atoms with E-state index in [1.54, 1.807) is 0 Å². The summed E-state index contributed by atoms with van der Waals surface area (Å²) in [6, 6.07) is 8.27. The number of nitrogens with two attached hydrogens (primary N) is 1. The quantitative estimate of drug-likeness (QED) is 0.842. The lowest BCUT2D eigenvalue weighted by molar-refractivity contribution is 0.248. The fourth-order valence-electron chi connectivity index (χ4n) is 2.52. The molecule has 1 aliphatic carbocycles. The number of hydrogen-bond acceptors (Lipinski definition) is 2. The smallest absolute Gasteiger partial charge is 0.124 e. The molecule has 0 heterocycles. The van der Waals surface area contributed by atoms with Gasteiger partial charge in [-0.1, -0.05) is 38.0 Å². The van der Waals surface area contributed by atoms with E-state index >= 15 is 0 Å². The molecule has 17 heavy (non-hydrogen) atoms. The van der Waals surface area contributed by atoms with Crippen LogP contribution in [0.1, 0.15) is 50.6 Å². The van der Waals surface area contributed by atoms with Gasteiger partial charge < -0.3 is 10.5 Å². The van der Waals surface area contributed by atoms with Crippen molar-refractivity contribution in [2.75, 3.05) is 6.61 Å². The highest BCUT2D eigenvalue weighted by Gasteiger charge is 2.17. The van der Waals surface area contributed by atoms with Gasteiger partial charge in [-0.3, -0.25) is 0 Å². The molecule has 94 valence electrons. The largest absolute Gasteiger partial charge is 0.493 e. The van der Waals surface area contributed by atoms with Crippen molar-refractivity contribution >= 4 is 0 Å². The zero-order valence-corrected chi connectivity index (χ0v) is 10.7. The Morgan fingerprint density at radius 3 is 2.71 bits per heavy atom. The Hall–Kier alpha value is -1.02. The minimum absolute atomic E-state index is 0.0924. The molecule has 2 rings (SSSR count). The van der Waals surface area contributed by atoms with Crippen molar-refractivity contribution in [3.8, 4) is 5.75 Å². The third kappa shape index (κ3) is 3.22. The second-order valence-corrected chi connectivity index (χ2v) is 5.01. The van der Waals surface area contributed by atoms with Gasteiger partial charge in [0.2, 0.25) is 0 Å². The maximum atomic E-state index is 6.10. The van der Waals surface area contributed by atoms with Crippen LogP contribution in [0.2, 0.25) is 0 Å². The molecule has 0 spiro atoms. The predicted octanol–water partition coefficient (Wildman–Crippen LogP) is 3.67. The highest BCUT2D eigenvalue weighted by Crippen LogP contribution is 2.29. The van der Waals surface area contributed by atoms with Crippen LogP contribution in [-0.2, 0) is 0 Å². The van der Waals surface area contributed by atoms with Gasteiger partial charge >= 0.3 is 0 Å². The molecule has 1 aromatic carbocycles. The molecule has 0 radical (unpaired) electrons. The lowest BCUT2D eigenvalue weighted by atomic mass is 10.0. The van der Waals surface area contributed by atoms with Gasteiger partial charge in [0.15, 0.2) is 0 Å². The van der Waals surface area contributed by atoms with Gasteiger partial charge in [0, 0.05) is 11.6 Å². The van der Waals surface area contributed by atoms with Crippen LogP contribution < -0.4 is 10.5 Å². The van der Waals surface area contributed by atoms with E-state index in [1.807, 2.05) is 18.2 Å². The lowest BCUT2D eigenvalue weighted by Gasteiger charge is -2.17. The van der Waals surface area contributed by atoms with Gasteiger partial charge in [0.1, 0.15) is 5.75 Å². The molecule has 2 N–H and O–H groups in total. The molecule has 0 aromatic heterocycles. The Morgan fingerprint density at radius 1 is 1.29 bits per heavy atom. The molecule has 0 saturated heterocycles. The summed E-state index contributed by atoms with van der Waals surface area (Å²) < 4.78 is 5.96. The molecular formula is C15H23NO. The molecule has 1 aromatic rings. The van der Waals surface area contributed by atoms with E-state index in [0.717, 1.165) is 30.3 Å². The van der Waals surface area contributed by atoms with Crippen molar-refractivity contribution in [3.63, 3.8) is 0 Å². The Kier molecular flexibility index (Phi) is 4.43. The summed E-state index contributed by atoms with van der Waals surface area (Å²) in [7, 11) is 0. The Labute approximate surface area is 104 Å². The van der Waals surface area contributed by atoms with Crippen LogP contribution in [0.4, 0.5) is 0 Å². The van der Waals surface area contributed by atoms with E-state index in [-0.39, 0.29) is 6.04 Å². The van der Waals surface area contributed by atoms with Gasteiger partial charge in [0.05, 0.1) is 6.61 Å². The summed E-state index contributed by atoms with van der Waals surface area (Å²) in [5, 5.41) is 0. The summed E-state index contributed by atoms with van der Waals surface area (Å²) in [5.41, 5.74) is 7.25. The van der Waals surface area contributed by atoms with Crippen LogP contribution in [0.3, 0.4) is 0 Å². The summed E-state index contributed by atoms with van der Waals surface area (Å²) in [5.74, 6) is 1.73. The maximum absolute atomic E-state index is 6.10. The van der Waals surface area contributed by atoms with Crippen molar-refractivity contribution in [1.82, 2.24) is 0 Å². The molecule has 1 saturated carbocycles. The van der Waals surface area contributed by atoms with Crippen LogP contribution >= 0.6 is 0 Å². The van der Waals surface area contributed by atoms with Crippen LogP contribution in [0.5, 0.6) is 5.75 Å². The first-order chi connectivity index (χ1) is 8.31. The minimum Gasteiger partial charge on any atom is -0.493 e. The van der Waals surface area contributed by atoms with Crippen LogP contribution in [-0.4, -0.2) is 6.61 Å². The van der Waals surface area contributed by atoms with Crippen LogP contribution in [0.25, 0.3) is 0 Å². The van der Waals surface area contributed by atoms with E-state index in [2.05, 4.69) is 13.0 Å². The SMILES string of the molecule is CC[C@@H](N)c1ccccc1OCC1CCCC1. The Morgan fingerprint density at radius 2 is 2.00 bits per heavy atom. The third-order valence-corrected chi connectivity index (χ3v) is 3.71. The van der Waals surface area contributed by atoms with Crippen molar-refractivity contribution < 1.29 is 4.74 Å². The molecule has 0 amide bonds. The molecule has 2 nitrogen and oxygen atoms in total. The molecule has 1 fully saturated rings. The van der Waals surface area contributed by atoms with Crippen molar-refractivity contribution in [2.24, 2.45) is 11.7 Å². The Bertz CT molecular complexity index is 345. The number of hydrogen-bond donors (Lipinski definition) is 1. The van der Waals surface area contributed by atoms with Crippen LogP contribution in [0.15, 0.2) is 24.3 Å². The number of para-hydroxylation sites is 1. The van der Waals surface area contributed by atoms with Crippen molar-refractivity contribution in [1.29, 1.82) is 0 Å². The molecule has 0 bridgehead atoms. The highest BCUT2D eigenvalue weighted by molar-refractivity contribution is 5.35. The highest BCUT2D eigenvalue weighted by atomic mass is 16.5. The number of rotatable bonds is 5. The second kappa shape index (κ2) is 6.06. The fraction of sp³-hybridized carbons (Fsp3) is 0.600. The van der Waals surface area contributed by atoms with Gasteiger partial charge in [-0.15, -0.1) is 0 Å². The minimum atomic E-state index is 0.0924. The second-order valence-electron chi connectivity index (χ2n) is 5.01. The maximum Gasteiger partial charge on any atom is 0.124 e. The fourth-order valence-corrected chi connectivity index (χ4v) is 2.52. The zero-order chi connectivity index (χ0) is 12.1. The van der Waals surface area contributed by atoms with Crippen molar-refractivity contribution in [2.45, 2.75) is 45.1 Å². The summed E-state index contributed by atoms with van der Waals surface area (Å²) in [4.78, 5) is 0. The molecule has 1 aliphatic rings. The summed E-state index contributed by atoms with van der Waals surface area (Å²) in [6.07, 6.45) is 6.32. The summed E-state index contributed by atoms with van der Waals surface area (Å²) in [6.45, 7) is 2.96. The van der Waals surface area contributed by atoms with Gasteiger partial charge in [-0.25, -0.2) is 0 Å². The van der Waals surface area contributed by atoms with Gasteiger partial charge in [0.25, 0.3) is 0 Å². The standard InChI is InChI=1S/C15H23NO/c1-2-14(16)13-9-5-6-10-15(13)17-11-12-7-3-4-8-12/h5-6,9-10,12,14H,2-4,7-8,11,16H2,1H3/t14-/m1/s1. The van der Waals surface area contributed by atoms with Gasteiger partial charge in [-0.2, -0.15) is 0 Å². The number of benzene rings is 1. The first-order valence-corrected chi connectivity index (χ1v) is 6.78. The Balaban J connectivity index is 1.98.